The molecule has 4 heteroatoms. The highest BCUT2D eigenvalue weighted by atomic mass is 16.5. The summed E-state index contributed by atoms with van der Waals surface area (Å²) in [5.74, 6) is 1.68. The van der Waals surface area contributed by atoms with Gasteiger partial charge in [-0.3, -0.25) is 0 Å². The van der Waals surface area contributed by atoms with Gasteiger partial charge in [0.25, 0.3) is 0 Å². The van der Waals surface area contributed by atoms with E-state index in [4.69, 9.17) is 9.15 Å². The first-order valence-electron chi connectivity index (χ1n) is 12.3. The average Bonchev–Trinajstić information content (AvgIpc) is 3.61. The van der Waals surface area contributed by atoms with Gasteiger partial charge in [0.05, 0.1) is 11.7 Å². The first-order valence-corrected chi connectivity index (χ1v) is 12.3. The van der Waals surface area contributed by atoms with E-state index in [9.17, 15) is 9.90 Å². The van der Waals surface area contributed by atoms with Crippen molar-refractivity contribution in [3.8, 4) is 5.75 Å². The fourth-order valence-corrected chi connectivity index (χ4v) is 5.56. The van der Waals surface area contributed by atoms with Crippen molar-refractivity contribution in [2.75, 3.05) is 6.61 Å². The minimum absolute atomic E-state index is 0.157. The van der Waals surface area contributed by atoms with Crippen LogP contribution in [0.2, 0.25) is 0 Å². The van der Waals surface area contributed by atoms with E-state index in [1.54, 1.807) is 0 Å². The van der Waals surface area contributed by atoms with Gasteiger partial charge in [0, 0.05) is 24.5 Å². The van der Waals surface area contributed by atoms with Crippen LogP contribution in [-0.4, -0.2) is 17.8 Å². The van der Waals surface area contributed by atoms with Gasteiger partial charge >= 0.3 is 5.63 Å². The number of hydrogen-bond donors (Lipinski definition) is 1. The summed E-state index contributed by atoms with van der Waals surface area (Å²) in [5, 5.41) is 11.3. The summed E-state index contributed by atoms with van der Waals surface area (Å²) in [7, 11) is 0. The van der Waals surface area contributed by atoms with Crippen LogP contribution in [0.3, 0.4) is 0 Å². The Morgan fingerprint density at radius 1 is 0.968 bits per heavy atom. The van der Waals surface area contributed by atoms with E-state index >= 15 is 0 Å². The van der Waals surface area contributed by atoms with Gasteiger partial charge in [-0.15, -0.1) is 0 Å². The second kappa shape index (κ2) is 9.20. The van der Waals surface area contributed by atoms with E-state index in [1.165, 1.54) is 24.8 Å². The molecule has 0 bridgehead atoms. The Balaban J connectivity index is 1.48. The van der Waals surface area contributed by atoms with Crippen LogP contribution in [0, 0.1) is 0 Å². The molecule has 1 aliphatic heterocycles. The van der Waals surface area contributed by atoms with Crippen molar-refractivity contribution >= 4 is 0 Å². The fraction of sp³-hybridized carbons (Fsp3) is 0.593. The predicted molar refractivity (Wildman–Crippen MR) is 121 cm³/mol. The molecular weight excluding hydrogens is 388 g/mol. The standard InChI is InChI=1S/C27H34O4/c28-25-23-12-3-1-2-9-20(16-21-10-6-7-15-30-21)26(23)31-27(29)24(25)17-19-8-4-5-11-22(19)18-13-14-18/h4-5,8,11,18,20-21,28H,1-3,6-7,9-10,12-17H2. The van der Waals surface area contributed by atoms with Crippen molar-refractivity contribution in [3.05, 3.63) is 62.7 Å². The molecular formula is C27H34O4. The zero-order chi connectivity index (χ0) is 21.2. The smallest absolute Gasteiger partial charge is 0.343 e. The molecule has 0 spiro atoms. The molecule has 1 saturated carbocycles. The molecule has 1 aromatic heterocycles. The molecule has 2 atom stereocenters. The number of benzene rings is 1. The quantitative estimate of drug-likeness (QED) is 0.645. The summed E-state index contributed by atoms with van der Waals surface area (Å²) in [6.07, 6.45) is 12.5. The van der Waals surface area contributed by atoms with Crippen molar-refractivity contribution in [1.82, 2.24) is 0 Å². The Morgan fingerprint density at radius 2 is 1.81 bits per heavy atom. The van der Waals surface area contributed by atoms with Gasteiger partial charge in [-0.1, -0.05) is 37.1 Å². The summed E-state index contributed by atoms with van der Waals surface area (Å²) >= 11 is 0. The van der Waals surface area contributed by atoms with Gasteiger partial charge in [-0.25, -0.2) is 4.79 Å². The lowest BCUT2D eigenvalue weighted by atomic mass is 9.84. The largest absolute Gasteiger partial charge is 0.507 e. The van der Waals surface area contributed by atoms with E-state index in [0.717, 1.165) is 74.9 Å². The maximum Gasteiger partial charge on any atom is 0.343 e. The van der Waals surface area contributed by atoms with Crippen LogP contribution < -0.4 is 5.63 Å². The van der Waals surface area contributed by atoms with Crippen molar-refractivity contribution in [3.63, 3.8) is 0 Å². The van der Waals surface area contributed by atoms with Gasteiger partial charge in [0.15, 0.2) is 0 Å². The van der Waals surface area contributed by atoms with Crippen LogP contribution in [0.15, 0.2) is 33.5 Å². The lowest BCUT2D eigenvalue weighted by Gasteiger charge is -2.29. The number of hydrogen-bond acceptors (Lipinski definition) is 4. The highest BCUT2D eigenvalue weighted by Gasteiger charge is 2.30. The second-order valence-electron chi connectivity index (χ2n) is 9.73. The van der Waals surface area contributed by atoms with E-state index in [0.29, 0.717) is 17.9 Å². The molecule has 166 valence electrons. The number of aromatic hydroxyl groups is 1. The third-order valence-electron chi connectivity index (χ3n) is 7.43. The summed E-state index contributed by atoms with van der Waals surface area (Å²) in [6, 6.07) is 8.34. The number of rotatable bonds is 5. The second-order valence-corrected chi connectivity index (χ2v) is 9.73. The molecule has 1 saturated heterocycles. The average molecular weight is 423 g/mol. The molecule has 0 amide bonds. The Kier molecular flexibility index (Phi) is 6.17. The van der Waals surface area contributed by atoms with Crippen LogP contribution in [0.1, 0.15) is 104 Å². The fourth-order valence-electron chi connectivity index (χ4n) is 5.56. The number of ether oxygens (including phenoxy) is 1. The molecule has 2 aliphatic carbocycles. The van der Waals surface area contributed by atoms with Crippen molar-refractivity contribution in [1.29, 1.82) is 0 Å². The minimum atomic E-state index is -0.364. The molecule has 31 heavy (non-hydrogen) atoms. The van der Waals surface area contributed by atoms with Crippen LogP contribution in [-0.2, 0) is 17.6 Å². The Labute approximate surface area is 184 Å². The van der Waals surface area contributed by atoms with Gasteiger partial charge in [0.2, 0.25) is 0 Å². The van der Waals surface area contributed by atoms with E-state index < -0.39 is 0 Å². The molecule has 5 rings (SSSR count). The zero-order valence-corrected chi connectivity index (χ0v) is 18.4. The SMILES string of the molecule is O=c1oc2c(c(O)c1Cc1ccccc1C1CC1)CCCCCC2CC1CCCCO1. The Hall–Kier alpha value is -2.07. The predicted octanol–water partition coefficient (Wildman–Crippen LogP) is 5.97. The van der Waals surface area contributed by atoms with Crippen LogP contribution >= 0.6 is 0 Å². The van der Waals surface area contributed by atoms with Crippen LogP contribution in [0.5, 0.6) is 5.75 Å². The normalized spacial score (nSPS) is 24.3. The van der Waals surface area contributed by atoms with Crippen LogP contribution in [0.25, 0.3) is 0 Å². The molecule has 2 aromatic rings. The Morgan fingerprint density at radius 3 is 2.61 bits per heavy atom. The van der Waals surface area contributed by atoms with Gasteiger partial charge in [-0.05, 0) is 74.8 Å². The first kappa shape index (κ1) is 20.8. The summed E-state index contributed by atoms with van der Waals surface area (Å²) in [6.45, 7) is 0.832. The lowest BCUT2D eigenvalue weighted by Crippen LogP contribution is -2.24. The molecule has 3 aliphatic rings. The van der Waals surface area contributed by atoms with Crippen molar-refractivity contribution in [2.24, 2.45) is 0 Å². The Bertz CT molecular complexity index is 966. The van der Waals surface area contributed by atoms with Crippen LogP contribution in [0.4, 0.5) is 0 Å². The maximum atomic E-state index is 13.1. The number of fused-ring (bicyclic) bond motifs is 1. The highest BCUT2D eigenvalue weighted by molar-refractivity contribution is 5.46. The molecule has 1 aromatic carbocycles. The van der Waals surface area contributed by atoms with Gasteiger partial charge < -0.3 is 14.3 Å². The third-order valence-corrected chi connectivity index (χ3v) is 7.43. The summed E-state index contributed by atoms with van der Waals surface area (Å²) in [4.78, 5) is 13.1. The van der Waals surface area contributed by atoms with Gasteiger partial charge in [-0.2, -0.15) is 0 Å². The third kappa shape index (κ3) is 4.59. The zero-order valence-electron chi connectivity index (χ0n) is 18.4. The molecule has 2 heterocycles. The van der Waals surface area contributed by atoms with Gasteiger partial charge in [0.1, 0.15) is 11.5 Å². The molecule has 2 unspecified atom stereocenters. The van der Waals surface area contributed by atoms with E-state index in [1.807, 2.05) is 6.07 Å². The van der Waals surface area contributed by atoms with E-state index in [-0.39, 0.29) is 23.4 Å². The molecule has 0 radical (unpaired) electrons. The van der Waals surface area contributed by atoms with Crippen molar-refractivity contribution in [2.45, 2.75) is 95.0 Å². The molecule has 2 fully saturated rings. The monoisotopic (exact) mass is 422 g/mol. The highest BCUT2D eigenvalue weighted by Crippen LogP contribution is 2.43. The van der Waals surface area contributed by atoms with Crippen molar-refractivity contribution < 1.29 is 14.3 Å². The van der Waals surface area contributed by atoms with E-state index in [2.05, 4.69) is 18.2 Å². The summed E-state index contributed by atoms with van der Waals surface area (Å²) in [5.41, 5.74) is 3.40. The molecule has 1 N–H and O–H groups in total. The topological polar surface area (TPSA) is 59.7 Å². The maximum absolute atomic E-state index is 13.1. The first-order chi connectivity index (χ1) is 15.2. The lowest BCUT2D eigenvalue weighted by molar-refractivity contribution is 0.00481. The summed E-state index contributed by atoms with van der Waals surface area (Å²) < 4.78 is 12.0. The molecule has 4 nitrogen and oxygen atoms in total. The minimum Gasteiger partial charge on any atom is -0.507 e.